The van der Waals surface area contributed by atoms with E-state index in [0.29, 0.717) is 18.0 Å². The summed E-state index contributed by atoms with van der Waals surface area (Å²) in [6.07, 6.45) is 1.79. The number of allylic oxidation sites excluding steroid dienone is 1. The highest BCUT2D eigenvalue weighted by molar-refractivity contribution is 5.99. The van der Waals surface area contributed by atoms with E-state index in [1.807, 2.05) is 31.2 Å². The molecular formula is C27H32N4. The van der Waals surface area contributed by atoms with Crippen LogP contribution in [0.4, 0.5) is 22.7 Å². The van der Waals surface area contributed by atoms with Gasteiger partial charge in [0.05, 0.1) is 11.4 Å². The SMILES string of the molecule is C=C(C)Nc1ccc(CC(=Nc2ccccc2N)Nc2ccc(C(C)CC)cc2)cc1. The number of anilines is 3. The number of rotatable bonds is 8. The van der Waals surface area contributed by atoms with Crippen LogP contribution in [-0.2, 0) is 6.42 Å². The monoisotopic (exact) mass is 412 g/mol. The number of nitrogens with one attached hydrogen (secondary N) is 2. The molecule has 0 aliphatic carbocycles. The average molecular weight is 413 g/mol. The Morgan fingerprint density at radius 1 is 0.935 bits per heavy atom. The zero-order valence-electron chi connectivity index (χ0n) is 18.7. The molecule has 0 aliphatic heterocycles. The van der Waals surface area contributed by atoms with E-state index in [1.54, 1.807) is 0 Å². The lowest BCUT2D eigenvalue weighted by Crippen LogP contribution is -2.15. The Balaban J connectivity index is 1.85. The molecule has 0 bridgehead atoms. The van der Waals surface area contributed by atoms with Gasteiger partial charge in [0, 0.05) is 23.5 Å². The standard InChI is InChI=1S/C27H32N4/c1-5-20(4)22-12-16-24(17-13-22)30-27(31-26-9-7-6-8-25(26)28)18-21-10-14-23(15-11-21)29-19(2)3/h6-17,20,29H,2,5,18,28H2,1,3-4H3,(H,30,31). The number of hydrogen-bond donors (Lipinski definition) is 3. The Kier molecular flexibility index (Phi) is 7.50. The fourth-order valence-corrected chi connectivity index (χ4v) is 3.29. The van der Waals surface area contributed by atoms with Crippen molar-refractivity contribution in [1.29, 1.82) is 0 Å². The number of aliphatic imine (C=N–C) groups is 1. The first kappa shape index (κ1) is 22.2. The van der Waals surface area contributed by atoms with Crippen LogP contribution < -0.4 is 16.4 Å². The molecule has 4 N–H and O–H groups in total. The molecule has 4 nitrogen and oxygen atoms in total. The minimum Gasteiger partial charge on any atom is -0.397 e. The molecule has 4 heteroatoms. The molecule has 0 saturated carbocycles. The summed E-state index contributed by atoms with van der Waals surface area (Å²) in [4.78, 5) is 4.84. The summed E-state index contributed by atoms with van der Waals surface area (Å²) < 4.78 is 0. The van der Waals surface area contributed by atoms with Crippen LogP contribution in [0.1, 0.15) is 44.2 Å². The Morgan fingerprint density at radius 2 is 1.55 bits per heavy atom. The molecule has 0 spiro atoms. The van der Waals surface area contributed by atoms with Gasteiger partial charge in [-0.1, -0.05) is 56.8 Å². The second kappa shape index (κ2) is 10.5. The average Bonchev–Trinajstić information content (AvgIpc) is 2.76. The molecule has 3 rings (SSSR count). The highest BCUT2D eigenvalue weighted by atomic mass is 15.0. The van der Waals surface area contributed by atoms with Gasteiger partial charge < -0.3 is 16.4 Å². The zero-order valence-corrected chi connectivity index (χ0v) is 18.7. The predicted octanol–water partition coefficient (Wildman–Crippen LogP) is 7.11. The van der Waals surface area contributed by atoms with Gasteiger partial charge in [0.1, 0.15) is 5.84 Å². The van der Waals surface area contributed by atoms with E-state index in [0.717, 1.165) is 40.6 Å². The number of para-hydroxylation sites is 2. The first-order valence-electron chi connectivity index (χ1n) is 10.7. The number of nitrogens with two attached hydrogens (primary N) is 1. The minimum absolute atomic E-state index is 0.553. The molecule has 0 saturated heterocycles. The van der Waals surface area contributed by atoms with Crippen LogP contribution in [-0.4, -0.2) is 5.84 Å². The van der Waals surface area contributed by atoms with E-state index in [4.69, 9.17) is 10.7 Å². The maximum Gasteiger partial charge on any atom is 0.111 e. The van der Waals surface area contributed by atoms with Gasteiger partial charge in [-0.2, -0.15) is 0 Å². The van der Waals surface area contributed by atoms with E-state index < -0.39 is 0 Å². The van der Waals surface area contributed by atoms with Gasteiger partial charge in [-0.05, 0) is 66.8 Å². The van der Waals surface area contributed by atoms with E-state index >= 15 is 0 Å². The van der Waals surface area contributed by atoms with Crippen LogP contribution in [0.5, 0.6) is 0 Å². The molecule has 0 aromatic heterocycles. The summed E-state index contributed by atoms with van der Waals surface area (Å²) in [5, 5.41) is 6.73. The van der Waals surface area contributed by atoms with Crippen molar-refractivity contribution in [2.24, 2.45) is 4.99 Å². The van der Waals surface area contributed by atoms with Crippen LogP contribution in [0.15, 0.2) is 90.1 Å². The molecule has 3 aromatic rings. The summed E-state index contributed by atoms with van der Waals surface area (Å²) >= 11 is 0. The van der Waals surface area contributed by atoms with Gasteiger partial charge in [0.25, 0.3) is 0 Å². The Labute approximate surface area is 185 Å². The smallest absolute Gasteiger partial charge is 0.111 e. The van der Waals surface area contributed by atoms with E-state index in [-0.39, 0.29) is 0 Å². The molecule has 0 amide bonds. The number of hydrogen-bond acceptors (Lipinski definition) is 3. The fourth-order valence-electron chi connectivity index (χ4n) is 3.29. The molecule has 0 heterocycles. The molecule has 1 atom stereocenters. The lowest BCUT2D eigenvalue weighted by Gasteiger charge is -2.14. The maximum absolute atomic E-state index is 6.14. The summed E-state index contributed by atoms with van der Waals surface area (Å²) in [6, 6.07) is 24.6. The third-order valence-electron chi connectivity index (χ3n) is 5.26. The number of nitrogen functional groups attached to an aromatic ring is 1. The quantitative estimate of drug-likeness (QED) is 0.210. The van der Waals surface area contributed by atoms with Gasteiger partial charge in [-0.3, -0.25) is 0 Å². The summed E-state index contributed by atoms with van der Waals surface area (Å²) in [6.45, 7) is 10.3. The summed E-state index contributed by atoms with van der Waals surface area (Å²) in [5.41, 5.74) is 13.0. The van der Waals surface area contributed by atoms with Crippen molar-refractivity contribution >= 4 is 28.6 Å². The Hall–Kier alpha value is -3.53. The lowest BCUT2D eigenvalue weighted by molar-refractivity contribution is 0.734. The second-order valence-electron chi connectivity index (χ2n) is 7.95. The third-order valence-corrected chi connectivity index (χ3v) is 5.26. The zero-order chi connectivity index (χ0) is 22.2. The molecule has 0 fully saturated rings. The van der Waals surface area contributed by atoms with E-state index in [1.165, 1.54) is 5.56 Å². The van der Waals surface area contributed by atoms with Crippen molar-refractivity contribution in [2.75, 3.05) is 16.4 Å². The Bertz CT molecular complexity index is 1030. The van der Waals surface area contributed by atoms with Gasteiger partial charge in [-0.25, -0.2) is 4.99 Å². The molecule has 160 valence electrons. The first-order valence-corrected chi connectivity index (χ1v) is 10.7. The van der Waals surface area contributed by atoms with E-state index in [9.17, 15) is 0 Å². The molecule has 3 aromatic carbocycles. The fraction of sp³-hybridized carbons (Fsp3) is 0.222. The van der Waals surface area contributed by atoms with Gasteiger partial charge in [0.2, 0.25) is 0 Å². The normalized spacial score (nSPS) is 12.3. The maximum atomic E-state index is 6.14. The van der Waals surface area contributed by atoms with Crippen LogP contribution >= 0.6 is 0 Å². The van der Waals surface area contributed by atoms with Crippen LogP contribution in [0, 0.1) is 0 Å². The topological polar surface area (TPSA) is 62.4 Å². The van der Waals surface area contributed by atoms with Crippen molar-refractivity contribution in [2.45, 2.75) is 39.5 Å². The van der Waals surface area contributed by atoms with Crippen molar-refractivity contribution in [1.82, 2.24) is 0 Å². The molecular weight excluding hydrogens is 380 g/mol. The Morgan fingerprint density at radius 3 is 2.16 bits per heavy atom. The van der Waals surface area contributed by atoms with Gasteiger partial charge in [-0.15, -0.1) is 0 Å². The highest BCUT2D eigenvalue weighted by Gasteiger charge is 2.07. The van der Waals surface area contributed by atoms with Crippen LogP contribution in [0.3, 0.4) is 0 Å². The van der Waals surface area contributed by atoms with Crippen molar-refractivity contribution < 1.29 is 0 Å². The highest BCUT2D eigenvalue weighted by Crippen LogP contribution is 2.24. The molecule has 0 aliphatic rings. The summed E-state index contributed by atoms with van der Waals surface area (Å²) in [5.74, 6) is 1.40. The van der Waals surface area contributed by atoms with Gasteiger partial charge in [0.15, 0.2) is 0 Å². The third kappa shape index (κ3) is 6.48. The summed E-state index contributed by atoms with van der Waals surface area (Å²) in [7, 11) is 0. The van der Waals surface area contributed by atoms with E-state index in [2.05, 4.69) is 79.6 Å². The largest absolute Gasteiger partial charge is 0.397 e. The van der Waals surface area contributed by atoms with Crippen molar-refractivity contribution in [3.8, 4) is 0 Å². The minimum atomic E-state index is 0.553. The number of nitrogens with zero attached hydrogens (tertiary/aromatic N) is 1. The second-order valence-corrected chi connectivity index (χ2v) is 7.95. The molecule has 0 radical (unpaired) electrons. The predicted molar refractivity (Wildman–Crippen MR) is 135 cm³/mol. The molecule has 31 heavy (non-hydrogen) atoms. The number of amidine groups is 1. The van der Waals surface area contributed by atoms with Gasteiger partial charge >= 0.3 is 0 Å². The number of benzene rings is 3. The molecule has 1 unspecified atom stereocenters. The van der Waals surface area contributed by atoms with Crippen LogP contribution in [0.2, 0.25) is 0 Å². The van der Waals surface area contributed by atoms with Crippen molar-refractivity contribution in [3.05, 3.63) is 96.2 Å². The first-order chi connectivity index (χ1) is 14.9. The van der Waals surface area contributed by atoms with Crippen LogP contribution in [0.25, 0.3) is 0 Å². The lowest BCUT2D eigenvalue weighted by atomic mass is 9.98. The van der Waals surface area contributed by atoms with Crippen molar-refractivity contribution in [3.63, 3.8) is 0 Å².